The second-order valence-corrected chi connectivity index (χ2v) is 4.91. The molecule has 6 heteroatoms. The average Bonchev–Trinajstić information content (AvgIpc) is 2.84. The molecule has 2 aromatic rings. The number of aromatic nitrogens is 1. The minimum atomic E-state index is -0.453. The number of hydrogen-bond donors (Lipinski definition) is 0. The van der Waals surface area contributed by atoms with Crippen molar-refractivity contribution in [1.82, 2.24) is 5.16 Å². The summed E-state index contributed by atoms with van der Waals surface area (Å²) < 4.78 is 20.8. The molecule has 0 N–H and O–H groups in total. The third kappa shape index (κ3) is 3.05. The summed E-state index contributed by atoms with van der Waals surface area (Å²) in [6.07, 6.45) is 0. The molecule has 0 bridgehead atoms. The second kappa shape index (κ2) is 6.51. The first-order valence-corrected chi connectivity index (χ1v) is 6.79. The molecular weight excluding hydrogens is 286 g/mol. The fourth-order valence-electron chi connectivity index (χ4n) is 2.17. The Kier molecular flexibility index (Phi) is 4.70. The first-order chi connectivity index (χ1) is 10.5. The van der Waals surface area contributed by atoms with Crippen molar-refractivity contribution in [2.24, 2.45) is 0 Å². The standard InChI is InChI=1S/C16H19NO5/c1-9-6-13(19-4)14(20-5)7-12(9)8-21-16(18)15-10(2)17-22-11(15)3/h6-7H,8H2,1-5H3. The highest BCUT2D eigenvalue weighted by molar-refractivity contribution is 5.91. The molecule has 1 heterocycles. The lowest BCUT2D eigenvalue weighted by Gasteiger charge is -2.13. The van der Waals surface area contributed by atoms with E-state index in [0.717, 1.165) is 11.1 Å². The number of aryl methyl sites for hydroxylation is 3. The van der Waals surface area contributed by atoms with Gasteiger partial charge in [-0.3, -0.25) is 0 Å². The van der Waals surface area contributed by atoms with E-state index in [9.17, 15) is 4.79 Å². The van der Waals surface area contributed by atoms with E-state index >= 15 is 0 Å². The van der Waals surface area contributed by atoms with Gasteiger partial charge in [-0.05, 0) is 44.0 Å². The van der Waals surface area contributed by atoms with Crippen LogP contribution in [0, 0.1) is 20.8 Å². The molecule has 118 valence electrons. The van der Waals surface area contributed by atoms with Crippen LogP contribution in [0.4, 0.5) is 0 Å². The van der Waals surface area contributed by atoms with Crippen molar-refractivity contribution >= 4 is 5.97 Å². The van der Waals surface area contributed by atoms with Crippen LogP contribution in [0.3, 0.4) is 0 Å². The van der Waals surface area contributed by atoms with Crippen LogP contribution in [0.15, 0.2) is 16.7 Å². The Hall–Kier alpha value is -2.50. The Morgan fingerprint density at radius 1 is 1.14 bits per heavy atom. The lowest BCUT2D eigenvalue weighted by molar-refractivity contribution is 0.0469. The fourth-order valence-corrected chi connectivity index (χ4v) is 2.17. The maximum Gasteiger partial charge on any atom is 0.344 e. The largest absolute Gasteiger partial charge is 0.493 e. The molecular formula is C16H19NO5. The molecule has 0 saturated carbocycles. The first kappa shape index (κ1) is 15.9. The molecule has 0 radical (unpaired) electrons. The van der Waals surface area contributed by atoms with Crippen molar-refractivity contribution < 1.29 is 23.5 Å². The van der Waals surface area contributed by atoms with Crippen molar-refractivity contribution in [3.05, 3.63) is 40.3 Å². The SMILES string of the molecule is COc1cc(C)c(COC(=O)c2c(C)noc2C)cc1OC. The van der Waals surface area contributed by atoms with Crippen LogP contribution in [0.2, 0.25) is 0 Å². The Balaban J connectivity index is 2.16. The van der Waals surface area contributed by atoms with Crippen molar-refractivity contribution in [3.8, 4) is 11.5 Å². The minimum Gasteiger partial charge on any atom is -0.493 e. The number of ether oxygens (including phenoxy) is 3. The van der Waals surface area contributed by atoms with Gasteiger partial charge >= 0.3 is 5.97 Å². The number of esters is 1. The van der Waals surface area contributed by atoms with Crippen LogP contribution in [-0.2, 0) is 11.3 Å². The van der Waals surface area contributed by atoms with E-state index < -0.39 is 5.97 Å². The van der Waals surface area contributed by atoms with Crippen molar-refractivity contribution in [2.45, 2.75) is 27.4 Å². The number of nitrogens with zero attached hydrogens (tertiary/aromatic N) is 1. The lowest BCUT2D eigenvalue weighted by Crippen LogP contribution is -2.08. The summed E-state index contributed by atoms with van der Waals surface area (Å²) in [7, 11) is 3.14. The van der Waals surface area contributed by atoms with Gasteiger partial charge in [0.05, 0.1) is 19.9 Å². The molecule has 0 atom stereocenters. The van der Waals surface area contributed by atoms with E-state index in [1.54, 1.807) is 34.1 Å². The van der Waals surface area contributed by atoms with Crippen molar-refractivity contribution in [2.75, 3.05) is 14.2 Å². The van der Waals surface area contributed by atoms with Gasteiger partial charge in [0.25, 0.3) is 0 Å². The zero-order valence-corrected chi connectivity index (χ0v) is 13.4. The molecule has 22 heavy (non-hydrogen) atoms. The summed E-state index contributed by atoms with van der Waals surface area (Å²) in [5.41, 5.74) is 2.69. The molecule has 0 saturated heterocycles. The molecule has 0 aliphatic carbocycles. The molecule has 0 fully saturated rings. The molecule has 2 rings (SSSR count). The summed E-state index contributed by atoms with van der Waals surface area (Å²) in [6.45, 7) is 5.43. The summed E-state index contributed by atoms with van der Waals surface area (Å²) in [5, 5.41) is 3.75. The molecule has 0 aliphatic rings. The van der Waals surface area contributed by atoms with Gasteiger partial charge in [-0.2, -0.15) is 0 Å². The van der Waals surface area contributed by atoms with E-state index in [2.05, 4.69) is 5.16 Å². The maximum atomic E-state index is 12.1. The van der Waals surface area contributed by atoms with Gasteiger partial charge in [0.2, 0.25) is 0 Å². The smallest absolute Gasteiger partial charge is 0.344 e. The predicted molar refractivity (Wildman–Crippen MR) is 79.4 cm³/mol. The monoisotopic (exact) mass is 305 g/mol. The van der Waals surface area contributed by atoms with Gasteiger partial charge in [-0.1, -0.05) is 5.16 Å². The average molecular weight is 305 g/mol. The Labute approximate surface area is 129 Å². The van der Waals surface area contributed by atoms with Crippen LogP contribution in [0.5, 0.6) is 11.5 Å². The Bertz CT molecular complexity index is 671. The highest BCUT2D eigenvalue weighted by Crippen LogP contribution is 2.30. The molecule has 0 aliphatic heterocycles. The zero-order valence-electron chi connectivity index (χ0n) is 13.4. The van der Waals surface area contributed by atoms with E-state index in [1.165, 1.54) is 0 Å². The number of hydrogen-bond acceptors (Lipinski definition) is 6. The van der Waals surface area contributed by atoms with Gasteiger partial charge in [0, 0.05) is 0 Å². The van der Waals surface area contributed by atoms with E-state index in [1.807, 2.05) is 13.0 Å². The van der Waals surface area contributed by atoms with Crippen LogP contribution < -0.4 is 9.47 Å². The van der Waals surface area contributed by atoms with Crippen LogP contribution in [0.25, 0.3) is 0 Å². The van der Waals surface area contributed by atoms with E-state index in [0.29, 0.717) is 28.5 Å². The molecule has 0 spiro atoms. The molecule has 1 aromatic carbocycles. The van der Waals surface area contributed by atoms with Gasteiger partial charge in [-0.15, -0.1) is 0 Å². The predicted octanol–water partition coefficient (Wildman–Crippen LogP) is 2.97. The molecule has 6 nitrogen and oxygen atoms in total. The number of benzene rings is 1. The first-order valence-electron chi connectivity index (χ1n) is 6.79. The fraction of sp³-hybridized carbons (Fsp3) is 0.375. The van der Waals surface area contributed by atoms with Crippen LogP contribution in [0.1, 0.15) is 32.9 Å². The third-order valence-electron chi connectivity index (χ3n) is 3.44. The second-order valence-electron chi connectivity index (χ2n) is 4.91. The van der Waals surface area contributed by atoms with Gasteiger partial charge in [-0.25, -0.2) is 4.79 Å². The highest BCUT2D eigenvalue weighted by Gasteiger charge is 2.19. The Morgan fingerprint density at radius 2 is 1.77 bits per heavy atom. The summed E-state index contributed by atoms with van der Waals surface area (Å²) >= 11 is 0. The van der Waals surface area contributed by atoms with Gasteiger partial charge in [0.15, 0.2) is 11.5 Å². The third-order valence-corrected chi connectivity index (χ3v) is 3.44. The van der Waals surface area contributed by atoms with Gasteiger partial charge < -0.3 is 18.7 Å². The quantitative estimate of drug-likeness (QED) is 0.791. The van der Waals surface area contributed by atoms with Crippen LogP contribution in [-0.4, -0.2) is 25.3 Å². The van der Waals surface area contributed by atoms with Crippen molar-refractivity contribution in [3.63, 3.8) is 0 Å². The molecule has 0 unspecified atom stereocenters. The van der Waals surface area contributed by atoms with E-state index in [4.69, 9.17) is 18.7 Å². The maximum absolute atomic E-state index is 12.1. The zero-order chi connectivity index (χ0) is 16.3. The topological polar surface area (TPSA) is 70.8 Å². The summed E-state index contributed by atoms with van der Waals surface area (Å²) in [6, 6.07) is 3.65. The Morgan fingerprint density at radius 3 is 2.32 bits per heavy atom. The van der Waals surface area contributed by atoms with Gasteiger partial charge in [0.1, 0.15) is 17.9 Å². The molecule has 1 aromatic heterocycles. The lowest BCUT2D eigenvalue weighted by atomic mass is 10.1. The summed E-state index contributed by atoms with van der Waals surface area (Å²) in [5.74, 6) is 1.23. The highest BCUT2D eigenvalue weighted by atomic mass is 16.5. The minimum absolute atomic E-state index is 0.134. The van der Waals surface area contributed by atoms with Crippen molar-refractivity contribution in [1.29, 1.82) is 0 Å². The molecule has 0 amide bonds. The summed E-state index contributed by atoms with van der Waals surface area (Å²) in [4.78, 5) is 12.1. The number of carbonyl (C=O) groups excluding carboxylic acids is 1. The van der Waals surface area contributed by atoms with Crippen LogP contribution >= 0.6 is 0 Å². The van der Waals surface area contributed by atoms with E-state index in [-0.39, 0.29) is 6.61 Å². The number of rotatable bonds is 5. The normalized spacial score (nSPS) is 10.4. The number of carbonyl (C=O) groups is 1. The number of methoxy groups -OCH3 is 2.